The van der Waals surface area contributed by atoms with Gasteiger partial charge in [-0.15, -0.1) is 0 Å². The van der Waals surface area contributed by atoms with Crippen LogP contribution in [0.4, 0.5) is 0 Å². The number of benzene rings is 1. The summed E-state index contributed by atoms with van der Waals surface area (Å²) in [6, 6.07) is 6.07. The predicted octanol–water partition coefficient (Wildman–Crippen LogP) is 2.45. The molecule has 0 aliphatic rings. The van der Waals surface area contributed by atoms with E-state index in [0.29, 0.717) is 0 Å². The zero-order valence-corrected chi connectivity index (χ0v) is 8.64. The molecule has 0 saturated carbocycles. The van der Waals surface area contributed by atoms with Crippen molar-refractivity contribution in [1.82, 2.24) is 4.98 Å². The van der Waals surface area contributed by atoms with Gasteiger partial charge in [-0.3, -0.25) is 4.79 Å². The highest BCUT2D eigenvalue weighted by molar-refractivity contribution is 5.87. The number of aromatic nitrogens is 1. The van der Waals surface area contributed by atoms with Crippen molar-refractivity contribution in [3.8, 4) is 0 Å². The molecule has 0 radical (unpaired) electrons. The summed E-state index contributed by atoms with van der Waals surface area (Å²) in [5.74, 6) is 0. The molecule has 0 atom stereocenters. The quantitative estimate of drug-likeness (QED) is 0.675. The van der Waals surface area contributed by atoms with E-state index in [4.69, 9.17) is 0 Å². The zero-order valence-electron chi connectivity index (χ0n) is 8.64. The Bertz CT molecular complexity index is 552. The average molecular weight is 187 g/mol. The predicted molar refractivity (Wildman–Crippen MR) is 58.8 cm³/mol. The van der Waals surface area contributed by atoms with E-state index in [-0.39, 0.29) is 5.56 Å². The fourth-order valence-electron chi connectivity index (χ4n) is 1.81. The van der Waals surface area contributed by atoms with Gasteiger partial charge in [0.1, 0.15) is 0 Å². The lowest BCUT2D eigenvalue weighted by atomic mass is 10.0. The van der Waals surface area contributed by atoms with Crippen LogP contribution in [0.15, 0.2) is 23.0 Å². The third kappa shape index (κ3) is 1.23. The molecule has 0 spiro atoms. The number of hydrogen-bond acceptors (Lipinski definition) is 1. The summed E-state index contributed by atoms with van der Waals surface area (Å²) in [7, 11) is 0. The molecule has 1 N–H and O–H groups in total. The van der Waals surface area contributed by atoms with Crippen LogP contribution < -0.4 is 5.56 Å². The van der Waals surface area contributed by atoms with Crippen LogP contribution in [0.1, 0.15) is 16.8 Å². The average Bonchev–Trinajstić information content (AvgIpc) is 2.10. The Morgan fingerprint density at radius 2 is 1.71 bits per heavy atom. The third-order valence-corrected chi connectivity index (χ3v) is 2.57. The zero-order chi connectivity index (χ0) is 10.3. The van der Waals surface area contributed by atoms with Crippen molar-refractivity contribution in [2.75, 3.05) is 0 Å². The number of pyridine rings is 1. The Labute approximate surface area is 82.6 Å². The molecule has 1 aromatic carbocycles. The highest BCUT2D eigenvalue weighted by Gasteiger charge is 2.04. The highest BCUT2D eigenvalue weighted by Crippen LogP contribution is 2.18. The Kier molecular flexibility index (Phi) is 1.92. The largest absolute Gasteiger partial charge is 0.326 e. The first-order valence-electron chi connectivity index (χ1n) is 4.69. The molecular formula is C12H13NO. The van der Waals surface area contributed by atoms with Gasteiger partial charge in [0.15, 0.2) is 0 Å². The summed E-state index contributed by atoms with van der Waals surface area (Å²) in [6.45, 7) is 5.90. The number of hydrogen-bond donors (Lipinski definition) is 1. The molecule has 0 fully saturated rings. The van der Waals surface area contributed by atoms with E-state index in [0.717, 1.165) is 27.6 Å². The Balaban J connectivity index is 3.08. The van der Waals surface area contributed by atoms with Gasteiger partial charge in [-0.1, -0.05) is 12.1 Å². The summed E-state index contributed by atoms with van der Waals surface area (Å²) >= 11 is 0. The maximum absolute atomic E-state index is 11.7. The van der Waals surface area contributed by atoms with Gasteiger partial charge < -0.3 is 4.98 Å². The minimum Gasteiger partial charge on any atom is -0.326 e. The fraction of sp³-hybridized carbons (Fsp3) is 0.250. The Morgan fingerprint density at radius 3 is 2.43 bits per heavy atom. The van der Waals surface area contributed by atoms with E-state index in [1.54, 1.807) is 0 Å². The number of aromatic amines is 1. The molecule has 72 valence electrons. The van der Waals surface area contributed by atoms with Crippen LogP contribution in [0.2, 0.25) is 0 Å². The second kappa shape index (κ2) is 2.98. The molecule has 0 bridgehead atoms. The molecule has 1 aromatic heterocycles. The lowest BCUT2D eigenvalue weighted by Gasteiger charge is -2.05. The summed E-state index contributed by atoms with van der Waals surface area (Å²) in [5, 5.41) is 1.88. The first-order chi connectivity index (χ1) is 6.59. The van der Waals surface area contributed by atoms with Gasteiger partial charge >= 0.3 is 0 Å². The molecule has 0 saturated heterocycles. The minimum absolute atomic E-state index is 0.0150. The van der Waals surface area contributed by atoms with Crippen molar-refractivity contribution in [2.45, 2.75) is 20.8 Å². The SMILES string of the molecule is Cc1cc2c(C)ccc(C)c2c(=O)[nH]1. The molecule has 14 heavy (non-hydrogen) atoms. The van der Waals surface area contributed by atoms with Gasteiger partial charge in [-0.2, -0.15) is 0 Å². The minimum atomic E-state index is 0.0150. The summed E-state index contributed by atoms with van der Waals surface area (Å²) in [6.07, 6.45) is 0. The summed E-state index contributed by atoms with van der Waals surface area (Å²) < 4.78 is 0. The van der Waals surface area contributed by atoms with Crippen molar-refractivity contribution in [3.63, 3.8) is 0 Å². The smallest absolute Gasteiger partial charge is 0.256 e. The number of fused-ring (bicyclic) bond motifs is 1. The third-order valence-electron chi connectivity index (χ3n) is 2.57. The maximum atomic E-state index is 11.7. The lowest BCUT2D eigenvalue weighted by molar-refractivity contribution is 1.16. The standard InChI is InChI=1S/C12H13NO/c1-7-4-5-8(2)11-10(7)6-9(3)13-12(11)14/h4-6H,1-3H3,(H,13,14). The summed E-state index contributed by atoms with van der Waals surface area (Å²) in [5.41, 5.74) is 3.11. The normalized spacial score (nSPS) is 10.8. The van der Waals surface area contributed by atoms with Gasteiger partial charge in [-0.25, -0.2) is 0 Å². The van der Waals surface area contributed by atoms with Crippen molar-refractivity contribution < 1.29 is 0 Å². The van der Waals surface area contributed by atoms with E-state index in [1.165, 1.54) is 0 Å². The molecule has 2 rings (SSSR count). The van der Waals surface area contributed by atoms with E-state index in [9.17, 15) is 4.79 Å². The van der Waals surface area contributed by atoms with Gasteiger partial charge in [0.25, 0.3) is 5.56 Å². The van der Waals surface area contributed by atoms with Crippen molar-refractivity contribution in [3.05, 3.63) is 45.4 Å². The Morgan fingerprint density at radius 1 is 1.07 bits per heavy atom. The molecule has 2 heteroatoms. The second-order valence-corrected chi connectivity index (χ2v) is 3.77. The van der Waals surface area contributed by atoms with Crippen LogP contribution in [0.25, 0.3) is 10.8 Å². The number of aryl methyl sites for hydroxylation is 3. The molecule has 0 unspecified atom stereocenters. The monoisotopic (exact) mass is 187 g/mol. The first-order valence-corrected chi connectivity index (χ1v) is 4.69. The number of rotatable bonds is 0. The highest BCUT2D eigenvalue weighted by atomic mass is 16.1. The molecule has 0 aliphatic heterocycles. The van der Waals surface area contributed by atoms with Crippen LogP contribution >= 0.6 is 0 Å². The van der Waals surface area contributed by atoms with Gasteiger partial charge in [-0.05, 0) is 43.4 Å². The molecule has 0 amide bonds. The van der Waals surface area contributed by atoms with Gasteiger partial charge in [0.2, 0.25) is 0 Å². The number of H-pyrrole nitrogens is 1. The van der Waals surface area contributed by atoms with E-state index < -0.39 is 0 Å². The van der Waals surface area contributed by atoms with E-state index >= 15 is 0 Å². The molecule has 0 aliphatic carbocycles. The molecule has 2 aromatic rings. The van der Waals surface area contributed by atoms with Crippen LogP contribution in [-0.4, -0.2) is 4.98 Å². The molecular weight excluding hydrogens is 174 g/mol. The van der Waals surface area contributed by atoms with E-state index in [2.05, 4.69) is 11.1 Å². The van der Waals surface area contributed by atoms with Gasteiger partial charge in [0, 0.05) is 5.69 Å². The van der Waals surface area contributed by atoms with Crippen LogP contribution in [-0.2, 0) is 0 Å². The fourth-order valence-corrected chi connectivity index (χ4v) is 1.81. The van der Waals surface area contributed by atoms with Crippen molar-refractivity contribution >= 4 is 10.8 Å². The molecule has 2 nitrogen and oxygen atoms in total. The van der Waals surface area contributed by atoms with Crippen molar-refractivity contribution in [1.29, 1.82) is 0 Å². The Hall–Kier alpha value is -1.57. The van der Waals surface area contributed by atoms with E-state index in [1.807, 2.05) is 32.9 Å². The van der Waals surface area contributed by atoms with Crippen LogP contribution in [0.5, 0.6) is 0 Å². The topological polar surface area (TPSA) is 32.9 Å². The van der Waals surface area contributed by atoms with Gasteiger partial charge in [0.05, 0.1) is 5.39 Å². The van der Waals surface area contributed by atoms with Crippen LogP contribution in [0.3, 0.4) is 0 Å². The first kappa shape index (κ1) is 9.00. The maximum Gasteiger partial charge on any atom is 0.256 e. The summed E-state index contributed by atoms with van der Waals surface area (Å²) in [4.78, 5) is 14.5. The number of nitrogens with one attached hydrogen (secondary N) is 1. The lowest BCUT2D eigenvalue weighted by Crippen LogP contribution is -2.09. The van der Waals surface area contributed by atoms with Crippen LogP contribution in [0, 0.1) is 20.8 Å². The second-order valence-electron chi connectivity index (χ2n) is 3.77. The van der Waals surface area contributed by atoms with Crippen molar-refractivity contribution in [2.24, 2.45) is 0 Å². The molecule has 1 heterocycles.